The van der Waals surface area contributed by atoms with Gasteiger partial charge in [0, 0.05) is 6.07 Å². The number of ether oxygens (including phenoxy) is 3. The fraction of sp³-hybridized carbons (Fsp3) is 0.111. The molecule has 0 aliphatic carbocycles. The molecule has 0 spiro atoms. The molecule has 0 unspecified atom stereocenters. The summed E-state index contributed by atoms with van der Waals surface area (Å²) >= 11 is 0. The lowest BCUT2D eigenvalue weighted by molar-refractivity contribution is 0.0600. The first-order chi connectivity index (χ1) is 15.5. The fourth-order valence-electron chi connectivity index (χ4n) is 3.41. The largest absolute Gasteiger partial charge is 0.489 e. The number of benzene rings is 3. The molecule has 0 saturated carbocycles. The van der Waals surface area contributed by atoms with E-state index in [1.165, 1.54) is 7.11 Å². The third-order valence-corrected chi connectivity index (χ3v) is 5.06. The molecule has 0 amide bonds. The van der Waals surface area contributed by atoms with Gasteiger partial charge in [-0.1, -0.05) is 54.6 Å². The minimum absolute atomic E-state index is 0.139. The van der Waals surface area contributed by atoms with Gasteiger partial charge in [-0.25, -0.2) is 4.79 Å². The lowest BCUT2D eigenvalue weighted by Gasteiger charge is -2.09. The molecule has 0 fully saturated rings. The number of allylic oxidation sites excluding steroid dienone is 3. The van der Waals surface area contributed by atoms with Gasteiger partial charge in [0.1, 0.15) is 18.1 Å². The van der Waals surface area contributed by atoms with Crippen molar-refractivity contribution < 1.29 is 23.8 Å². The summed E-state index contributed by atoms with van der Waals surface area (Å²) in [6.07, 6.45) is 5.40. The Kier molecular flexibility index (Phi) is 6.17. The number of carbonyl (C=O) groups excluding carboxylic acids is 2. The third-order valence-electron chi connectivity index (χ3n) is 5.06. The van der Waals surface area contributed by atoms with Crippen LogP contribution in [0.15, 0.2) is 84.6 Å². The van der Waals surface area contributed by atoms with E-state index >= 15 is 0 Å². The summed E-state index contributed by atoms with van der Waals surface area (Å²) in [6.45, 7) is 2.18. The summed E-state index contributed by atoms with van der Waals surface area (Å²) < 4.78 is 16.4. The molecule has 0 aromatic heterocycles. The molecule has 0 N–H and O–H groups in total. The number of hydrogen-bond donors (Lipinski definition) is 0. The first-order valence-corrected chi connectivity index (χ1v) is 10.2. The van der Waals surface area contributed by atoms with Crippen LogP contribution in [0.4, 0.5) is 0 Å². The van der Waals surface area contributed by atoms with Gasteiger partial charge >= 0.3 is 5.97 Å². The van der Waals surface area contributed by atoms with Crippen LogP contribution in [-0.2, 0) is 11.3 Å². The van der Waals surface area contributed by atoms with E-state index in [0.29, 0.717) is 29.2 Å². The summed E-state index contributed by atoms with van der Waals surface area (Å²) in [4.78, 5) is 24.3. The number of rotatable bonds is 6. The minimum Gasteiger partial charge on any atom is -0.489 e. The van der Waals surface area contributed by atoms with Crippen LogP contribution in [-0.4, -0.2) is 18.9 Å². The molecule has 0 bridgehead atoms. The molecule has 0 atom stereocenters. The first-order valence-electron chi connectivity index (χ1n) is 10.2. The summed E-state index contributed by atoms with van der Waals surface area (Å²) in [5.74, 6) is 0.861. The molecule has 0 radical (unpaired) electrons. The summed E-state index contributed by atoms with van der Waals surface area (Å²) in [6, 6.07) is 20.4. The fourth-order valence-corrected chi connectivity index (χ4v) is 3.41. The van der Waals surface area contributed by atoms with Gasteiger partial charge in [-0.15, -0.1) is 0 Å². The highest BCUT2D eigenvalue weighted by atomic mass is 16.5. The van der Waals surface area contributed by atoms with Gasteiger partial charge in [-0.3, -0.25) is 4.79 Å². The first kappa shape index (κ1) is 21.1. The molecule has 1 heterocycles. The Bertz CT molecular complexity index is 1200. The number of ketones is 1. The van der Waals surface area contributed by atoms with Gasteiger partial charge in [-0.05, 0) is 47.9 Å². The van der Waals surface area contributed by atoms with Crippen LogP contribution in [0.25, 0.3) is 6.08 Å². The zero-order chi connectivity index (χ0) is 22.5. The number of methoxy groups -OCH3 is 1. The van der Waals surface area contributed by atoms with Crippen molar-refractivity contribution in [3.63, 3.8) is 0 Å². The van der Waals surface area contributed by atoms with Crippen LogP contribution in [0.2, 0.25) is 0 Å². The zero-order valence-electron chi connectivity index (χ0n) is 17.8. The van der Waals surface area contributed by atoms with Crippen LogP contribution in [0.1, 0.15) is 37.4 Å². The molecule has 160 valence electrons. The smallest absolute Gasteiger partial charge is 0.337 e. The molecule has 5 heteroatoms. The highest BCUT2D eigenvalue weighted by molar-refractivity contribution is 6.13. The molecule has 1 aliphatic heterocycles. The summed E-state index contributed by atoms with van der Waals surface area (Å²) in [5.41, 5.74) is 3.77. The van der Waals surface area contributed by atoms with E-state index in [-0.39, 0.29) is 17.5 Å². The summed E-state index contributed by atoms with van der Waals surface area (Å²) in [5, 5.41) is 0. The van der Waals surface area contributed by atoms with Crippen LogP contribution < -0.4 is 9.47 Å². The van der Waals surface area contributed by atoms with Crippen molar-refractivity contribution in [1.82, 2.24) is 0 Å². The zero-order valence-corrected chi connectivity index (χ0v) is 17.8. The normalized spacial score (nSPS) is 13.8. The molecule has 3 aromatic carbocycles. The number of esters is 1. The quantitative estimate of drug-likeness (QED) is 0.383. The Morgan fingerprint density at radius 3 is 2.50 bits per heavy atom. The van der Waals surface area contributed by atoms with E-state index in [1.807, 2.05) is 61.5 Å². The minimum atomic E-state index is -0.379. The average molecular weight is 426 g/mol. The number of hydrogen-bond acceptors (Lipinski definition) is 5. The van der Waals surface area contributed by atoms with Gasteiger partial charge in [0.2, 0.25) is 5.78 Å². The second-order valence-corrected chi connectivity index (χ2v) is 7.32. The van der Waals surface area contributed by atoms with Crippen molar-refractivity contribution in [3.8, 4) is 11.5 Å². The predicted molar refractivity (Wildman–Crippen MR) is 122 cm³/mol. The molecule has 32 heavy (non-hydrogen) atoms. The van der Waals surface area contributed by atoms with Crippen molar-refractivity contribution in [2.45, 2.75) is 13.5 Å². The molecule has 3 aromatic rings. The summed E-state index contributed by atoms with van der Waals surface area (Å²) in [7, 11) is 1.35. The van der Waals surface area contributed by atoms with Crippen molar-refractivity contribution in [2.24, 2.45) is 0 Å². The maximum atomic E-state index is 12.8. The van der Waals surface area contributed by atoms with Crippen molar-refractivity contribution in [1.29, 1.82) is 0 Å². The van der Waals surface area contributed by atoms with E-state index in [0.717, 1.165) is 16.7 Å². The van der Waals surface area contributed by atoms with Crippen LogP contribution in [0, 0.1) is 6.92 Å². The maximum absolute atomic E-state index is 12.8. The van der Waals surface area contributed by atoms with Gasteiger partial charge < -0.3 is 14.2 Å². The number of fused-ring (bicyclic) bond motifs is 1. The van der Waals surface area contributed by atoms with E-state index in [2.05, 4.69) is 0 Å². The Hall–Kier alpha value is -4.12. The maximum Gasteiger partial charge on any atom is 0.337 e. The van der Waals surface area contributed by atoms with E-state index in [9.17, 15) is 9.59 Å². The Labute approximate surface area is 186 Å². The third kappa shape index (κ3) is 4.62. The average Bonchev–Trinajstić information content (AvgIpc) is 3.14. The van der Waals surface area contributed by atoms with Crippen molar-refractivity contribution in [3.05, 3.63) is 112 Å². The molecule has 4 rings (SSSR count). The molecule has 1 aliphatic rings. The van der Waals surface area contributed by atoms with Gasteiger partial charge in [0.05, 0.1) is 18.2 Å². The SMILES string of the molecule is COC(=O)c1ccc(COc2cc(C)c3c(c2)O/C(=C\C=C\c2ccccc2)C3=O)cc1. The second-order valence-electron chi connectivity index (χ2n) is 7.32. The standard InChI is InChI=1S/C27H22O5/c1-18-15-22(31-17-20-11-13-21(14-12-20)27(29)30-2)16-24-25(18)26(28)23(32-24)10-6-9-19-7-4-3-5-8-19/h3-16H,17H2,1-2H3/b9-6+,23-10-. The van der Waals surface area contributed by atoms with Crippen molar-refractivity contribution >= 4 is 17.8 Å². The lowest BCUT2D eigenvalue weighted by Crippen LogP contribution is -2.02. The Morgan fingerprint density at radius 1 is 1.03 bits per heavy atom. The number of Topliss-reactive ketones (excluding diaryl/α,β-unsaturated/α-hetero) is 1. The van der Waals surface area contributed by atoms with Crippen LogP contribution in [0.5, 0.6) is 11.5 Å². The number of carbonyl (C=O) groups is 2. The Balaban J connectivity index is 1.45. The topological polar surface area (TPSA) is 61.8 Å². The van der Waals surface area contributed by atoms with E-state index < -0.39 is 0 Å². The van der Waals surface area contributed by atoms with Gasteiger partial charge in [0.25, 0.3) is 0 Å². The molecule has 5 nitrogen and oxygen atoms in total. The predicted octanol–water partition coefficient (Wildman–Crippen LogP) is 5.53. The number of aryl methyl sites for hydroxylation is 1. The van der Waals surface area contributed by atoms with Gasteiger partial charge in [0.15, 0.2) is 5.76 Å². The van der Waals surface area contributed by atoms with E-state index in [1.54, 1.807) is 30.4 Å². The molecule has 0 saturated heterocycles. The Morgan fingerprint density at radius 2 is 1.78 bits per heavy atom. The van der Waals surface area contributed by atoms with Crippen LogP contribution >= 0.6 is 0 Å². The van der Waals surface area contributed by atoms with Crippen molar-refractivity contribution in [2.75, 3.05) is 7.11 Å². The lowest BCUT2D eigenvalue weighted by atomic mass is 10.0. The highest BCUT2D eigenvalue weighted by Crippen LogP contribution is 2.37. The monoisotopic (exact) mass is 426 g/mol. The van der Waals surface area contributed by atoms with Gasteiger partial charge in [-0.2, -0.15) is 0 Å². The molecular weight excluding hydrogens is 404 g/mol. The molecular formula is C27H22O5. The van der Waals surface area contributed by atoms with E-state index in [4.69, 9.17) is 14.2 Å². The highest BCUT2D eigenvalue weighted by Gasteiger charge is 2.29. The van der Waals surface area contributed by atoms with Crippen LogP contribution in [0.3, 0.4) is 0 Å². The second kappa shape index (κ2) is 9.35.